The van der Waals surface area contributed by atoms with E-state index in [-0.39, 0.29) is 11.9 Å². The third-order valence-electron chi connectivity index (χ3n) is 3.12. The van der Waals surface area contributed by atoms with Crippen molar-refractivity contribution in [3.05, 3.63) is 0 Å². The Kier molecular flexibility index (Phi) is 5.53. The number of amides is 1. The van der Waals surface area contributed by atoms with Crippen LogP contribution in [0.2, 0.25) is 0 Å². The van der Waals surface area contributed by atoms with Crippen molar-refractivity contribution in [3.63, 3.8) is 0 Å². The molecule has 4 heteroatoms. The van der Waals surface area contributed by atoms with E-state index in [2.05, 4.69) is 46.9 Å². The van der Waals surface area contributed by atoms with Crippen molar-refractivity contribution in [3.8, 4) is 0 Å². The summed E-state index contributed by atoms with van der Waals surface area (Å²) in [6.07, 6.45) is 0.946. The van der Waals surface area contributed by atoms with E-state index in [4.69, 9.17) is 0 Å². The average Bonchev–Trinajstić information content (AvgIpc) is 2.57. The summed E-state index contributed by atoms with van der Waals surface area (Å²) < 4.78 is 0.291. The van der Waals surface area contributed by atoms with E-state index in [0.717, 1.165) is 18.7 Å². The predicted molar refractivity (Wildman–Crippen MR) is 80.1 cm³/mol. The van der Waals surface area contributed by atoms with Crippen molar-refractivity contribution < 1.29 is 4.79 Å². The molecule has 1 amide bonds. The lowest BCUT2D eigenvalue weighted by atomic mass is 10.2. The topological polar surface area (TPSA) is 32.3 Å². The van der Waals surface area contributed by atoms with Gasteiger partial charge in [-0.05, 0) is 27.2 Å². The van der Waals surface area contributed by atoms with Gasteiger partial charge in [-0.15, -0.1) is 0 Å². The van der Waals surface area contributed by atoms with Gasteiger partial charge in [0.05, 0.1) is 6.04 Å². The number of nitrogens with one attached hydrogen (secondary N) is 1. The van der Waals surface area contributed by atoms with E-state index in [1.54, 1.807) is 0 Å². The molecule has 0 aliphatic carbocycles. The van der Waals surface area contributed by atoms with E-state index in [9.17, 15) is 4.79 Å². The number of rotatable bonds is 5. The van der Waals surface area contributed by atoms with Gasteiger partial charge in [-0.3, -0.25) is 4.79 Å². The first kappa shape index (κ1) is 15.8. The maximum Gasteiger partial charge on any atom is 0.240 e. The quantitative estimate of drug-likeness (QED) is 0.834. The standard InChI is InChI=1S/C14H28N2OS/c1-10(2)16-8-7-12(13(16)17)15-11(3)9-18-14(4,5)6/h10-12,15H,7-9H2,1-6H3/t11-,12-/m0/s1. The molecule has 0 aromatic heterocycles. The molecule has 3 nitrogen and oxygen atoms in total. The summed E-state index contributed by atoms with van der Waals surface area (Å²) in [6, 6.07) is 0.738. The third kappa shape index (κ3) is 4.81. The molecule has 1 saturated heterocycles. The SMILES string of the molecule is CC(C)N1CC[C@H](N[C@@H](C)CSC(C)(C)C)C1=O. The molecule has 1 aliphatic rings. The minimum atomic E-state index is 0.0305. The number of nitrogens with zero attached hydrogens (tertiary/aromatic N) is 1. The molecule has 0 aromatic carbocycles. The highest BCUT2D eigenvalue weighted by Crippen LogP contribution is 2.24. The molecule has 0 aromatic rings. The van der Waals surface area contributed by atoms with E-state index in [0.29, 0.717) is 16.8 Å². The minimum absolute atomic E-state index is 0.0305. The maximum atomic E-state index is 12.1. The van der Waals surface area contributed by atoms with Crippen molar-refractivity contribution in [2.45, 2.75) is 70.8 Å². The smallest absolute Gasteiger partial charge is 0.240 e. The zero-order chi connectivity index (χ0) is 13.9. The van der Waals surface area contributed by atoms with Gasteiger partial charge in [-0.25, -0.2) is 0 Å². The van der Waals surface area contributed by atoms with E-state index < -0.39 is 0 Å². The second kappa shape index (κ2) is 6.29. The van der Waals surface area contributed by atoms with Crippen LogP contribution >= 0.6 is 11.8 Å². The maximum absolute atomic E-state index is 12.1. The molecule has 1 N–H and O–H groups in total. The molecule has 1 fully saturated rings. The minimum Gasteiger partial charge on any atom is -0.339 e. The van der Waals surface area contributed by atoms with Crippen molar-refractivity contribution >= 4 is 17.7 Å². The lowest BCUT2D eigenvalue weighted by molar-refractivity contribution is -0.130. The van der Waals surface area contributed by atoms with Crippen molar-refractivity contribution in [2.75, 3.05) is 12.3 Å². The van der Waals surface area contributed by atoms with Gasteiger partial charge >= 0.3 is 0 Å². The van der Waals surface area contributed by atoms with E-state index in [1.807, 2.05) is 16.7 Å². The Bertz CT molecular complexity index is 286. The number of hydrogen-bond donors (Lipinski definition) is 1. The molecule has 106 valence electrons. The summed E-state index contributed by atoms with van der Waals surface area (Å²) in [5.41, 5.74) is 0. The van der Waals surface area contributed by atoms with Crippen LogP contribution in [0.3, 0.4) is 0 Å². The Labute approximate surface area is 116 Å². The lowest BCUT2D eigenvalue weighted by Gasteiger charge is -2.24. The molecule has 1 heterocycles. The molecule has 1 rings (SSSR count). The monoisotopic (exact) mass is 272 g/mol. The fraction of sp³-hybridized carbons (Fsp3) is 0.929. The number of carbonyl (C=O) groups is 1. The summed E-state index contributed by atoms with van der Waals surface area (Å²) in [5, 5.41) is 3.47. The fourth-order valence-corrected chi connectivity index (χ4v) is 2.98. The second-order valence-corrected chi connectivity index (χ2v) is 8.30. The van der Waals surface area contributed by atoms with Crippen LogP contribution in [0.25, 0.3) is 0 Å². The van der Waals surface area contributed by atoms with Crippen LogP contribution in [-0.2, 0) is 4.79 Å². The summed E-state index contributed by atoms with van der Waals surface area (Å²) in [6.45, 7) is 13.9. The van der Waals surface area contributed by atoms with Crippen molar-refractivity contribution in [1.82, 2.24) is 10.2 Å². The molecule has 0 radical (unpaired) electrons. The molecule has 0 spiro atoms. The number of hydrogen-bond acceptors (Lipinski definition) is 3. The Morgan fingerprint density at radius 1 is 1.39 bits per heavy atom. The summed E-state index contributed by atoms with van der Waals surface area (Å²) in [5.74, 6) is 1.33. The van der Waals surface area contributed by atoms with Crippen LogP contribution in [0.15, 0.2) is 0 Å². The van der Waals surface area contributed by atoms with Gasteiger partial charge in [0, 0.05) is 29.1 Å². The summed E-state index contributed by atoms with van der Waals surface area (Å²) in [4.78, 5) is 14.1. The highest BCUT2D eigenvalue weighted by Gasteiger charge is 2.33. The molecule has 2 atom stereocenters. The van der Waals surface area contributed by atoms with Gasteiger partial charge in [0.15, 0.2) is 0 Å². The predicted octanol–water partition coefficient (Wildman–Crippen LogP) is 2.51. The highest BCUT2D eigenvalue weighted by atomic mass is 32.2. The fourth-order valence-electron chi connectivity index (χ4n) is 2.14. The summed E-state index contributed by atoms with van der Waals surface area (Å²) >= 11 is 1.95. The molecule has 0 saturated carbocycles. The van der Waals surface area contributed by atoms with Crippen LogP contribution in [0.1, 0.15) is 48.0 Å². The normalized spacial score (nSPS) is 22.9. The average molecular weight is 272 g/mol. The Balaban J connectivity index is 2.37. The van der Waals surface area contributed by atoms with Crippen molar-refractivity contribution in [2.24, 2.45) is 0 Å². The Hall–Kier alpha value is -0.220. The van der Waals surface area contributed by atoms with E-state index >= 15 is 0 Å². The molecule has 0 unspecified atom stereocenters. The van der Waals surface area contributed by atoms with E-state index in [1.165, 1.54) is 0 Å². The first-order valence-electron chi connectivity index (χ1n) is 6.91. The first-order chi connectivity index (χ1) is 8.20. The zero-order valence-corrected chi connectivity index (χ0v) is 13.4. The van der Waals surface area contributed by atoms with Crippen LogP contribution < -0.4 is 5.32 Å². The Morgan fingerprint density at radius 3 is 2.44 bits per heavy atom. The van der Waals surface area contributed by atoms with Gasteiger partial charge in [0.25, 0.3) is 0 Å². The zero-order valence-electron chi connectivity index (χ0n) is 12.6. The second-order valence-electron chi connectivity index (χ2n) is 6.46. The van der Waals surface area contributed by atoms with Crippen LogP contribution in [0.4, 0.5) is 0 Å². The highest BCUT2D eigenvalue weighted by molar-refractivity contribution is 8.00. The first-order valence-corrected chi connectivity index (χ1v) is 7.90. The Morgan fingerprint density at radius 2 is 2.00 bits per heavy atom. The van der Waals surface area contributed by atoms with Crippen LogP contribution in [0, 0.1) is 0 Å². The van der Waals surface area contributed by atoms with Crippen LogP contribution in [0.5, 0.6) is 0 Å². The lowest BCUT2D eigenvalue weighted by Crippen LogP contribution is -2.45. The van der Waals surface area contributed by atoms with Gasteiger partial charge in [0.1, 0.15) is 0 Å². The molecule has 0 bridgehead atoms. The molecule has 1 aliphatic heterocycles. The number of likely N-dealkylation sites (tertiary alicyclic amines) is 1. The summed E-state index contributed by atoms with van der Waals surface area (Å²) in [7, 11) is 0. The van der Waals surface area contributed by atoms with Gasteiger partial charge in [-0.1, -0.05) is 20.8 Å². The van der Waals surface area contributed by atoms with Gasteiger partial charge in [0.2, 0.25) is 5.91 Å². The third-order valence-corrected chi connectivity index (χ3v) is 4.65. The van der Waals surface area contributed by atoms with Crippen LogP contribution in [-0.4, -0.2) is 46.0 Å². The number of thioether (sulfide) groups is 1. The molecular weight excluding hydrogens is 244 g/mol. The number of carbonyl (C=O) groups excluding carboxylic acids is 1. The van der Waals surface area contributed by atoms with Gasteiger partial charge in [-0.2, -0.15) is 11.8 Å². The van der Waals surface area contributed by atoms with Crippen molar-refractivity contribution in [1.29, 1.82) is 0 Å². The molecular formula is C14H28N2OS. The molecule has 18 heavy (non-hydrogen) atoms. The largest absolute Gasteiger partial charge is 0.339 e. The van der Waals surface area contributed by atoms with Gasteiger partial charge < -0.3 is 10.2 Å².